The quantitative estimate of drug-likeness (QED) is 0.314. The van der Waals surface area contributed by atoms with Gasteiger partial charge in [0.15, 0.2) is 0 Å². The highest BCUT2D eigenvalue weighted by Gasteiger charge is 2.04. The van der Waals surface area contributed by atoms with Crippen LogP contribution in [0.4, 0.5) is 5.13 Å². The van der Waals surface area contributed by atoms with E-state index in [1.165, 1.54) is 16.9 Å². The van der Waals surface area contributed by atoms with Gasteiger partial charge in [0.2, 0.25) is 5.13 Å². The van der Waals surface area contributed by atoms with Crippen molar-refractivity contribution in [1.82, 2.24) is 4.98 Å². The highest BCUT2D eigenvalue weighted by Crippen LogP contribution is 2.25. The molecule has 0 atom stereocenters. The van der Waals surface area contributed by atoms with E-state index in [9.17, 15) is 0 Å². The van der Waals surface area contributed by atoms with Crippen LogP contribution < -0.4 is 10.2 Å². The van der Waals surface area contributed by atoms with Gasteiger partial charge in [0.1, 0.15) is 5.75 Å². The Balaban J connectivity index is 1.63. The number of anilines is 1. The Morgan fingerprint density at radius 3 is 2.77 bits per heavy atom. The van der Waals surface area contributed by atoms with Crippen LogP contribution in [0.25, 0.3) is 11.3 Å². The van der Waals surface area contributed by atoms with Gasteiger partial charge in [-0.1, -0.05) is 55.3 Å². The molecule has 5 heteroatoms. The van der Waals surface area contributed by atoms with Crippen molar-refractivity contribution in [3.63, 3.8) is 0 Å². The smallest absolute Gasteiger partial charge is 0.203 e. The Labute approximate surface area is 158 Å². The third-order valence-corrected chi connectivity index (χ3v) is 4.64. The Kier molecular flexibility index (Phi) is 6.39. The predicted octanol–water partition coefficient (Wildman–Crippen LogP) is 5.74. The van der Waals surface area contributed by atoms with Gasteiger partial charge in [-0.05, 0) is 25.5 Å². The molecule has 0 radical (unpaired) electrons. The summed E-state index contributed by atoms with van der Waals surface area (Å²) in [6.45, 7) is 4.96. The van der Waals surface area contributed by atoms with Gasteiger partial charge in [0, 0.05) is 16.5 Å². The molecule has 0 spiro atoms. The molecule has 0 saturated heterocycles. The number of aromatic nitrogens is 1. The molecule has 134 valence electrons. The van der Waals surface area contributed by atoms with Crippen LogP contribution in [0.5, 0.6) is 5.75 Å². The molecule has 2 aromatic carbocycles. The number of rotatable bonds is 8. The number of hydrazone groups is 1. The zero-order valence-corrected chi connectivity index (χ0v) is 15.9. The van der Waals surface area contributed by atoms with Gasteiger partial charge in [-0.3, -0.25) is 5.43 Å². The van der Waals surface area contributed by atoms with Crippen molar-refractivity contribution in [2.75, 3.05) is 12.0 Å². The van der Waals surface area contributed by atoms with Crippen molar-refractivity contribution < 1.29 is 4.74 Å². The van der Waals surface area contributed by atoms with Crippen molar-refractivity contribution in [2.24, 2.45) is 5.10 Å². The number of thiazole rings is 1. The molecule has 1 heterocycles. The highest BCUT2D eigenvalue weighted by atomic mass is 32.1. The molecule has 4 nitrogen and oxygen atoms in total. The lowest BCUT2D eigenvalue weighted by molar-refractivity contribution is 0.309. The number of nitrogens with zero attached hydrogens (tertiary/aromatic N) is 2. The minimum absolute atomic E-state index is 0.723. The summed E-state index contributed by atoms with van der Waals surface area (Å²) in [6, 6.07) is 16.3. The fraction of sp³-hybridized carbons (Fsp3) is 0.238. The number of benzene rings is 2. The lowest BCUT2D eigenvalue weighted by Crippen LogP contribution is -2.00. The number of para-hydroxylation sites is 1. The minimum atomic E-state index is 0.723. The second-order valence-corrected chi connectivity index (χ2v) is 6.87. The first kappa shape index (κ1) is 18.1. The second kappa shape index (κ2) is 9.15. The van der Waals surface area contributed by atoms with Gasteiger partial charge in [-0.15, -0.1) is 11.3 Å². The van der Waals surface area contributed by atoms with E-state index in [-0.39, 0.29) is 0 Å². The maximum absolute atomic E-state index is 5.82. The van der Waals surface area contributed by atoms with Gasteiger partial charge in [-0.2, -0.15) is 5.10 Å². The van der Waals surface area contributed by atoms with Crippen LogP contribution in [-0.4, -0.2) is 17.8 Å². The number of hydrogen-bond donors (Lipinski definition) is 1. The van der Waals surface area contributed by atoms with E-state index in [1.807, 2.05) is 29.6 Å². The zero-order chi connectivity index (χ0) is 18.2. The maximum atomic E-state index is 5.82. The number of ether oxygens (including phenoxy) is 1. The second-order valence-electron chi connectivity index (χ2n) is 6.01. The average molecular weight is 366 g/mol. The third-order valence-electron chi connectivity index (χ3n) is 3.89. The Hall–Kier alpha value is -2.66. The Bertz CT molecular complexity index is 856. The number of hydrogen-bond acceptors (Lipinski definition) is 5. The number of aryl methyl sites for hydroxylation is 1. The molecule has 0 amide bonds. The van der Waals surface area contributed by atoms with E-state index in [1.54, 1.807) is 6.21 Å². The zero-order valence-electron chi connectivity index (χ0n) is 15.1. The first-order chi connectivity index (χ1) is 12.8. The first-order valence-corrected chi connectivity index (χ1v) is 9.67. The summed E-state index contributed by atoms with van der Waals surface area (Å²) in [5.41, 5.74) is 7.27. The topological polar surface area (TPSA) is 46.5 Å². The fourth-order valence-corrected chi connectivity index (χ4v) is 3.05. The van der Waals surface area contributed by atoms with Crippen molar-refractivity contribution in [2.45, 2.75) is 26.7 Å². The molecule has 0 unspecified atom stereocenters. The summed E-state index contributed by atoms with van der Waals surface area (Å²) in [7, 11) is 0. The molecule has 0 bridgehead atoms. The van der Waals surface area contributed by atoms with Crippen molar-refractivity contribution in [1.29, 1.82) is 0 Å². The third kappa shape index (κ3) is 4.92. The van der Waals surface area contributed by atoms with Crippen molar-refractivity contribution >= 4 is 22.7 Å². The van der Waals surface area contributed by atoms with Crippen LogP contribution in [0, 0.1) is 6.92 Å². The molecule has 0 aliphatic carbocycles. The first-order valence-electron chi connectivity index (χ1n) is 8.79. The van der Waals surface area contributed by atoms with Crippen LogP contribution in [0.1, 0.15) is 30.9 Å². The van der Waals surface area contributed by atoms with Crippen LogP contribution in [0.3, 0.4) is 0 Å². The fourth-order valence-electron chi connectivity index (χ4n) is 2.38. The van der Waals surface area contributed by atoms with E-state index in [2.05, 4.69) is 53.6 Å². The molecule has 3 rings (SSSR count). The predicted molar refractivity (Wildman–Crippen MR) is 110 cm³/mol. The SMILES string of the molecule is CCCCOc1ccccc1/C=N/Nc1nc(-c2ccc(C)cc2)cs1. The van der Waals surface area contributed by atoms with E-state index >= 15 is 0 Å². The monoisotopic (exact) mass is 365 g/mol. The summed E-state index contributed by atoms with van der Waals surface area (Å²) in [6.07, 6.45) is 3.93. The molecular formula is C21H23N3OS. The summed E-state index contributed by atoms with van der Waals surface area (Å²) in [5, 5.41) is 7.11. The van der Waals surface area contributed by atoms with Gasteiger partial charge < -0.3 is 4.74 Å². The Morgan fingerprint density at radius 2 is 1.96 bits per heavy atom. The normalized spacial score (nSPS) is 11.0. The average Bonchev–Trinajstić information content (AvgIpc) is 3.13. The summed E-state index contributed by atoms with van der Waals surface area (Å²) in [4.78, 5) is 4.59. The van der Waals surface area contributed by atoms with Crippen LogP contribution in [-0.2, 0) is 0 Å². The van der Waals surface area contributed by atoms with Gasteiger partial charge in [0.25, 0.3) is 0 Å². The molecule has 26 heavy (non-hydrogen) atoms. The number of unbranched alkanes of at least 4 members (excludes halogenated alkanes) is 1. The molecule has 1 N–H and O–H groups in total. The van der Waals surface area contributed by atoms with E-state index in [0.29, 0.717) is 0 Å². The largest absolute Gasteiger partial charge is 0.493 e. The van der Waals surface area contributed by atoms with Crippen LogP contribution in [0.2, 0.25) is 0 Å². The van der Waals surface area contributed by atoms with E-state index < -0.39 is 0 Å². The summed E-state index contributed by atoms with van der Waals surface area (Å²) >= 11 is 1.54. The van der Waals surface area contributed by atoms with Gasteiger partial charge >= 0.3 is 0 Å². The maximum Gasteiger partial charge on any atom is 0.203 e. The standard InChI is InChI=1S/C21H23N3OS/c1-3-4-13-25-20-8-6-5-7-18(20)14-22-24-21-23-19(15-26-21)17-11-9-16(2)10-12-17/h5-12,14-15H,3-4,13H2,1-2H3,(H,23,24)/b22-14+. The molecule has 1 aromatic heterocycles. The van der Waals surface area contributed by atoms with E-state index in [4.69, 9.17) is 4.74 Å². The lowest BCUT2D eigenvalue weighted by atomic mass is 10.1. The van der Waals surface area contributed by atoms with Crippen LogP contribution in [0.15, 0.2) is 59.0 Å². The number of nitrogens with one attached hydrogen (secondary N) is 1. The molecule has 0 aliphatic heterocycles. The molecule has 3 aromatic rings. The van der Waals surface area contributed by atoms with E-state index in [0.717, 1.165) is 47.2 Å². The van der Waals surface area contributed by atoms with Gasteiger partial charge in [-0.25, -0.2) is 4.98 Å². The Morgan fingerprint density at radius 1 is 1.15 bits per heavy atom. The van der Waals surface area contributed by atoms with Crippen molar-refractivity contribution in [3.8, 4) is 17.0 Å². The van der Waals surface area contributed by atoms with Crippen LogP contribution >= 0.6 is 11.3 Å². The molecule has 0 fully saturated rings. The summed E-state index contributed by atoms with van der Waals surface area (Å²) in [5.74, 6) is 0.853. The molecule has 0 aliphatic rings. The molecule has 0 saturated carbocycles. The molecular weight excluding hydrogens is 342 g/mol. The minimum Gasteiger partial charge on any atom is -0.493 e. The van der Waals surface area contributed by atoms with Crippen molar-refractivity contribution in [3.05, 3.63) is 65.0 Å². The van der Waals surface area contributed by atoms with Gasteiger partial charge in [0.05, 0.1) is 18.5 Å². The lowest BCUT2D eigenvalue weighted by Gasteiger charge is -2.07. The summed E-state index contributed by atoms with van der Waals surface area (Å²) < 4.78 is 5.82. The highest BCUT2D eigenvalue weighted by molar-refractivity contribution is 7.14.